The molecule has 0 bridgehead atoms. The molecule has 0 aromatic heterocycles. The summed E-state index contributed by atoms with van der Waals surface area (Å²) in [5.74, 6) is -6.40. The van der Waals surface area contributed by atoms with E-state index in [9.17, 15) is 38.7 Å². The summed E-state index contributed by atoms with van der Waals surface area (Å²) < 4.78 is 0. The molecular weight excluding hydrogens is 468 g/mol. The first-order valence-electron chi connectivity index (χ1n) is 11.0. The van der Waals surface area contributed by atoms with Crippen molar-refractivity contribution in [3.63, 3.8) is 0 Å². The van der Waals surface area contributed by atoms with E-state index in [1.807, 2.05) is 0 Å². The standard InChI is InChI=1S/C20H32N6O9/c21-10(3-8-16(29)30)17(31)24-11(4-6-14(22)27)18(32)25-12(5-7-15(23)28)19(33)26-9-1-2-13(26)20(34)35/h10-13H,1-9,21H2,(H2,22,27)(H2,23,28)(H,24,31)(H,25,32)(H,29,30)(H,34,35). The molecular formula is C20H32N6O9. The zero-order valence-corrected chi connectivity index (χ0v) is 19.1. The normalized spacial score (nSPS) is 17.6. The molecule has 35 heavy (non-hydrogen) atoms. The summed E-state index contributed by atoms with van der Waals surface area (Å²) in [6.07, 6.45) is -1.02. The van der Waals surface area contributed by atoms with Crippen molar-refractivity contribution in [1.29, 1.82) is 0 Å². The fourth-order valence-electron chi connectivity index (χ4n) is 3.55. The van der Waals surface area contributed by atoms with E-state index in [2.05, 4.69) is 10.6 Å². The predicted molar refractivity (Wildman–Crippen MR) is 118 cm³/mol. The van der Waals surface area contributed by atoms with E-state index in [4.69, 9.17) is 22.3 Å². The van der Waals surface area contributed by atoms with Crippen molar-refractivity contribution in [1.82, 2.24) is 15.5 Å². The predicted octanol–water partition coefficient (Wildman–Crippen LogP) is -3.25. The van der Waals surface area contributed by atoms with Crippen molar-refractivity contribution < 1.29 is 43.8 Å². The molecule has 5 amide bonds. The van der Waals surface area contributed by atoms with Crippen molar-refractivity contribution >= 4 is 41.5 Å². The number of amides is 5. The molecule has 0 aromatic rings. The molecule has 0 saturated carbocycles. The van der Waals surface area contributed by atoms with Crippen LogP contribution in [-0.4, -0.2) is 87.3 Å². The van der Waals surface area contributed by atoms with Gasteiger partial charge in [0.1, 0.15) is 18.1 Å². The van der Waals surface area contributed by atoms with Crippen LogP contribution in [0.4, 0.5) is 0 Å². The van der Waals surface area contributed by atoms with Crippen LogP contribution in [0.3, 0.4) is 0 Å². The minimum Gasteiger partial charge on any atom is -0.481 e. The van der Waals surface area contributed by atoms with Gasteiger partial charge in [-0.2, -0.15) is 0 Å². The van der Waals surface area contributed by atoms with Gasteiger partial charge in [-0.15, -0.1) is 0 Å². The average molecular weight is 501 g/mol. The molecule has 15 heteroatoms. The first-order chi connectivity index (χ1) is 16.3. The number of hydrogen-bond acceptors (Lipinski definition) is 8. The van der Waals surface area contributed by atoms with Gasteiger partial charge in [0.2, 0.25) is 29.5 Å². The maximum atomic E-state index is 13.0. The van der Waals surface area contributed by atoms with Gasteiger partial charge < -0.3 is 42.9 Å². The van der Waals surface area contributed by atoms with Crippen molar-refractivity contribution in [2.45, 2.75) is 75.5 Å². The quantitative estimate of drug-likeness (QED) is 0.118. The number of carboxylic acid groups (broad SMARTS) is 2. The smallest absolute Gasteiger partial charge is 0.326 e. The monoisotopic (exact) mass is 500 g/mol. The lowest BCUT2D eigenvalue weighted by molar-refractivity contribution is -0.149. The highest BCUT2D eigenvalue weighted by Crippen LogP contribution is 2.19. The molecule has 1 aliphatic heterocycles. The highest BCUT2D eigenvalue weighted by molar-refractivity contribution is 5.95. The lowest BCUT2D eigenvalue weighted by Crippen LogP contribution is -2.57. The number of carbonyl (C=O) groups is 7. The fourth-order valence-corrected chi connectivity index (χ4v) is 3.55. The van der Waals surface area contributed by atoms with Gasteiger partial charge in [-0.1, -0.05) is 0 Å². The van der Waals surface area contributed by atoms with Crippen molar-refractivity contribution in [3.8, 4) is 0 Å². The lowest BCUT2D eigenvalue weighted by Gasteiger charge is -2.28. The van der Waals surface area contributed by atoms with Gasteiger partial charge >= 0.3 is 11.9 Å². The summed E-state index contributed by atoms with van der Waals surface area (Å²) in [6, 6.07) is -5.05. The number of nitrogens with one attached hydrogen (secondary N) is 2. The molecule has 0 aliphatic carbocycles. The molecule has 1 fully saturated rings. The van der Waals surface area contributed by atoms with Crippen molar-refractivity contribution in [2.75, 3.05) is 6.54 Å². The second kappa shape index (κ2) is 13.8. The van der Waals surface area contributed by atoms with Gasteiger partial charge in [0.25, 0.3) is 0 Å². The summed E-state index contributed by atoms with van der Waals surface area (Å²) in [4.78, 5) is 84.1. The van der Waals surface area contributed by atoms with E-state index in [-0.39, 0.29) is 45.1 Å². The minimum atomic E-state index is -1.37. The Kier molecular flexibility index (Phi) is 11.6. The molecule has 1 aliphatic rings. The van der Waals surface area contributed by atoms with Crippen LogP contribution < -0.4 is 27.8 Å². The van der Waals surface area contributed by atoms with Crippen LogP contribution in [0.15, 0.2) is 0 Å². The SMILES string of the molecule is NC(=O)CCC(NC(=O)C(N)CCC(=O)O)C(=O)NC(CCC(N)=O)C(=O)N1CCCC1C(=O)O. The average Bonchev–Trinajstić information content (AvgIpc) is 3.26. The van der Waals surface area contributed by atoms with Crippen LogP contribution in [0, 0.1) is 0 Å². The van der Waals surface area contributed by atoms with Gasteiger partial charge in [0.15, 0.2) is 0 Å². The third-order valence-corrected chi connectivity index (χ3v) is 5.43. The molecule has 4 unspecified atom stereocenters. The summed E-state index contributed by atoms with van der Waals surface area (Å²) in [5, 5.41) is 22.8. The highest BCUT2D eigenvalue weighted by atomic mass is 16.4. The van der Waals surface area contributed by atoms with Crippen LogP contribution in [0.2, 0.25) is 0 Å². The Morgan fingerprint density at radius 2 is 1.37 bits per heavy atom. The number of carbonyl (C=O) groups excluding carboxylic acids is 5. The zero-order valence-electron chi connectivity index (χ0n) is 19.1. The van der Waals surface area contributed by atoms with Crippen LogP contribution in [0.25, 0.3) is 0 Å². The lowest BCUT2D eigenvalue weighted by atomic mass is 10.0. The van der Waals surface area contributed by atoms with Crippen molar-refractivity contribution in [3.05, 3.63) is 0 Å². The van der Waals surface area contributed by atoms with Gasteiger partial charge in [-0.3, -0.25) is 28.8 Å². The number of hydrogen-bond donors (Lipinski definition) is 7. The summed E-state index contributed by atoms with van der Waals surface area (Å²) in [7, 11) is 0. The number of primary amides is 2. The molecule has 1 heterocycles. The Morgan fingerprint density at radius 3 is 1.89 bits per heavy atom. The number of carboxylic acids is 2. The molecule has 15 nitrogen and oxygen atoms in total. The Morgan fingerprint density at radius 1 is 0.829 bits per heavy atom. The molecule has 1 rings (SSSR count). The van der Waals surface area contributed by atoms with Crippen molar-refractivity contribution in [2.24, 2.45) is 17.2 Å². The number of rotatable bonds is 15. The van der Waals surface area contributed by atoms with Crippen LogP contribution in [0.1, 0.15) is 51.4 Å². The molecule has 10 N–H and O–H groups in total. The second-order valence-corrected chi connectivity index (χ2v) is 8.20. The molecule has 4 atom stereocenters. The number of nitrogens with zero attached hydrogens (tertiary/aromatic N) is 1. The number of nitrogens with two attached hydrogens (primary N) is 3. The Labute approximate surface area is 200 Å². The highest BCUT2D eigenvalue weighted by Gasteiger charge is 2.38. The molecule has 0 spiro atoms. The summed E-state index contributed by atoms with van der Waals surface area (Å²) >= 11 is 0. The zero-order chi connectivity index (χ0) is 26.7. The third-order valence-electron chi connectivity index (χ3n) is 5.43. The van der Waals surface area contributed by atoms with Crippen LogP contribution in [0.5, 0.6) is 0 Å². The van der Waals surface area contributed by atoms with E-state index >= 15 is 0 Å². The van der Waals surface area contributed by atoms with Gasteiger partial charge in [-0.25, -0.2) is 4.79 Å². The van der Waals surface area contributed by atoms with E-state index in [0.717, 1.165) is 4.90 Å². The Bertz CT molecular complexity index is 849. The van der Waals surface area contributed by atoms with Crippen LogP contribution in [-0.2, 0) is 33.6 Å². The fraction of sp³-hybridized carbons (Fsp3) is 0.650. The largest absolute Gasteiger partial charge is 0.481 e. The topological polar surface area (TPSA) is 265 Å². The van der Waals surface area contributed by atoms with E-state index in [1.54, 1.807) is 0 Å². The van der Waals surface area contributed by atoms with Gasteiger partial charge in [0, 0.05) is 25.8 Å². The van der Waals surface area contributed by atoms with Gasteiger partial charge in [0.05, 0.1) is 6.04 Å². The Balaban J connectivity index is 3.02. The van der Waals surface area contributed by atoms with E-state index < -0.39 is 72.1 Å². The second-order valence-electron chi connectivity index (χ2n) is 8.20. The molecule has 0 radical (unpaired) electrons. The Hall–Kier alpha value is -3.75. The molecule has 196 valence electrons. The van der Waals surface area contributed by atoms with E-state index in [1.165, 1.54) is 0 Å². The molecule has 1 saturated heterocycles. The van der Waals surface area contributed by atoms with Crippen LogP contribution >= 0.6 is 0 Å². The summed E-state index contributed by atoms with van der Waals surface area (Å²) in [5.41, 5.74) is 15.9. The first kappa shape index (κ1) is 29.3. The maximum Gasteiger partial charge on any atom is 0.326 e. The van der Waals surface area contributed by atoms with Gasteiger partial charge in [-0.05, 0) is 32.1 Å². The third kappa shape index (κ3) is 9.95. The first-order valence-corrected chi connectivity index (χ1v) is 11.0. The minimum absolute atomic E-state index is 0.138. The summed E-state index contributed by atoms with van der Waals surface area (Å²) in [6.45, 7) is 0.138. The molecule has 0 aromatic carbocycles. The van der Waals surface area contributed by atoms with E-state index in [0.29, 0.717) is 6.42 Å². The number of aliphatic carboxylic acids is 2. The maximum absolute atomic E-state index is 13.0. The number of likely N-dealkylation sites (tertiary alicyclic amines) is 1.